The molecule has 0 saturated heterocycles. The van der Waals surface area contributed by atoms with Crippen LogP contribution in [0.4, 0.5) is 14.9 Å². The van der Waals surface area contributed by atoms with E-state index in [2.05, 4.69) is 52.3 Å². The van der Waals surface area contributed by atoms with Gasteiger partial charge in [0.2, 0.25) is 0 Å². The summed E-state index contributed by atoms with van der Waals surface area (Å²) in [5.74, 6) is -0.337. The number of thioether (sulfide) groups is 1. The molecule has 0 radical (unpaired) electrons. The highest BCUT2D eigenvalue weighted by Crippen LogP contribution is 2.37. The summed E-state index contributed by atoms with van der Waals surface area (Å²) in [5.41, 5.74) is 4.73. The maximum atomic E-state index is 13.6. The van der Waals surface area contributed by atoms with Crippen molar-refractivity contribution in [1.29, 1.82) is 0 Å². The Balaban J connectivity index is 1.61. The van der Waals surface area contributed by atoms with E-state index < -0.39 is 0 Å². The zero-order valence-electron chi connectivity index (χ0n) is 17.5. The summed E-state index contributed by atoms with van der Waals surface area (Å²) >= 11 is 1.69. The molecule has 0 unspecified atom stereocenters. The van der Waals surface area contributed by atoms with Crippen LogP contribution in [-0.2, 0) is 6.54 Å². The van der Waals surface area contributed by atoms with E-state index in [1.807, 2.05) is 35.6 Å². The number of para-hydroxylation sites is 1. The lowest BCUT2D eigenvalue weighted by atomic mass is 10.0. The topological polar surface area (TPSA) is 37.3 Å². The zero-order valence-corrected chi connectivity index (χ0v) is 18.4. The minimum Gasteiger partial charge on any atom is -0.318 e. The predicted octanol–water partition coefficient (Wildman–Crippen LogP) is 6.48. The van der Waals surface area contributed by atoms with Crippen molar-refractivity contribution in [3.8, 4) is 5.69 Å². The van der Waals surface area contributed by atoms with E-state index in [9.17, 15) is 9.18 Å². The average Bonchev–Trinajstić information content (AvgIpc) is 3.25. The summed E-state index contributed by atoms with van der Waals surface area (Å²) in [6.45, 7) is 0.444. The molecule has 32 heavy (non-hydrogen) atoms. The quantitative estimate of drug-likeness (QED) is 0.368. The number of rotatable bonds is 3. The molecule has 0 bridgehead atoms. The summed E-state index contributed by atoms with van der Waals surface area (Å²) in [6.07, 6.45) is 4.09. The summed E-state index contributed by atoms with van der Waals surface area (Å²) in [6, 6.07) is 25.9. The molecule has 2 amide bonds. The number of carbonyl (C=O) groups excluding carboxylic acids is 1. The number of anilines is 1. The first-order valence-electron chi connectivity index (χ1n) is 10.4. The molecule has 0 spiro atoms. The van der Waals surface area contributed by atoms with Crippen molar-refractivity contribution in [2.45, 2.75) is 17.5 Å². The lowest BCUT2D eigenvalue weighted by Crippen LogP contribution is -2.37. The highest BCUT2D eigenvalue weighted by Gasteiger charge is 2.33. The Kier molecular flexibility index (Phi) is 5.45. The van der Waals surface area contributed by atoms with E-state index >= 15 is 0 Å². The number of nitrogens with one attached hydrogen (secondary N) is 1. The average molecular weight is 444 g/mol. The fraction of sp³-hybridized carbons (Fsp3) is 0.115. The normalized spacial score (nSPS) is 14.9. The van der Waals surface area contributed by atoms with Gasteiger partial charge in [-0.15, -0.1) is 11.8 Å². The van der Waals surface area contributed by atoms with E-state index in [1.54, 1.807) is 23.9 Å². The van der Waals surface area contributed by atoms with Gasteiger partial charge in [-0.25, -0.2) is 9.18 Å². The highest BCUT2D eigenvalue weighted by molar-refractivity contribution is 7.98. The standard InChI is InChI=1S/C26H22FN3OS/c1-32-22-14-8-18(9-15-22)25-24-7-4-16-29(24)23-6-3-2-5-19(23)17-30(25)26(31)28-21-12-10-20(27)11-13-21/h2-16,25H,17H2,1H3,(H,28,31)/t25-/m1/s1. The fourth-order valence-electron chi connectivity index (χ4n) is 4.20. The van der Waals surface area contributed by atoms with E-state index in [1.165, 1.54) is 17.0 Å². The fourth-order valence-corrected chi connectivity index (χ4v) is 4.61. The molecule has 3 aromatic carbocycles. The number of nitrogens with zero attached hydrogens (tertiary/aromatic N) is 2. The number of hydrogen-bond acceptors (Lipinski definition) is 2. The van der Waals surface area contributed by atoms with Gasteiger partial charge in [-0.3, -0.25) is 0 Å². The Morgan fingerprint density at radius 3 is 2.47 bits per heavy atom. The van der Waals surface area contributed by atoms with Crippen LogP contribution < -0.4 is 5.32 Å². The number of amides is 2. The molecule has 1 atom stereocenters. The van der Waals surface area contributed by atoms with Crippen molar-refractivity contribution in [3.63, 3.8) is 0 Å². The largest absolute Gasteiger partial charge is 0.322 e. The van der Waals surface area contributed by atoms with Crippen LogP contribution in [0, 0.1) is 5.82 Å². The van der Waals surface area contributed by atoms with Crippen LogP contribution in [0.2, 0.25) is 0 Å². The van der Waals surface area contributed by atoms with Crippen molar-refractivity contribution in [2.75, 3.05) is 11.6 Å². The van der Waals surface area contributed by atoms with Crippen molar-refractivity contribution >= 4 is 23.5 Å². The molecule has 1 aliphatic rings. The number of hydrogen-bond donors (Lipinski definition) is 1. The Morgan fingerprint density at radius 2 is 1.72 bits per heavy atom. The molecule has 1 aliphatic heterocycles. The Bertz CT molecular complexity index is 1250. The molecule has 2 heterocycles. The van der Waals surface area contributed by atoms with Crippen LogP contribution in [0.15, 0.2) is 96.0 Å². The van der Waals surface area contributed by atoms with Gasteiger partial charge in [-0.2, -0.15) is 0 Å². The SMILES string of the molecule is CSc1ccc([C@@H]2c3cccn3-c3ccccc3CN2C(=O)Nc2ccc(F)cc2)cc1. The molecular weight excluding hydrogens is 421 g/mol. The van der Waals surface area contributed by atoms with E-state index in [0.717, 1.165) is 22.5 Å². The molecule has 1 N–H and O–H groups in total. The van der Waals surface area contributed by atoms with E-state index in [0.29, 0.717) is 12.2 Å². The lowest BCUT2D eigenvalue weighted by Gasteiger charge is -2.31. The molecule has 6 heteroatoms. The van der Waals surface area contributed by atoms with Gasteiger partial charge in [0, 0.05) is 22.5 Å². The molecule has 0 fully saturated rings. The molecule has 0 saturated carbocycles. The van der Waals surface area contributed by atoms with Crippen LogP contribution in [0.3, 0.4) is 0 Å². The van der Waals surface area contributed by atoms with Gasteiger partial charge in [0.15, 0.2) is 0 Å². The van der Waals surface area contributed by atoms with E-state index in [-0.39, 0.29) is 17.9 Å². The van der Waals surface area contributed by atoms with Crippen LogP contribution in [0.25, 0.3) is 5.69 Å². The second-order valence-electron chi connectivity index (χ2n) is 7.67. The van der Waals surface area contributed by atoms with Gasteiger partial charge < -0.3 is 14.8 Å². The van der Waals surface area contributed by atoms with Crippen molar-refractivity contribution in [1.82, 2.24) is 9.47 Å². The Morgan fingerprint density at radius 1 is 0.969 bits per heavy atom. The second-order valence-corrected chi connectivity index (χ2v) is 8.55. The van der Waals surface area contributed by atoms with Gasteiger partial charge in [-0.05, 0) is 72.0 Å². The summed E-state index contributed by atoms with van der Waals surface area (Å²) < 4.78 is 15.5. The number of urea groups is 1. The molecule has 4 nitrogen and oxygen atoms in total. The zero-order chi connectivity index (χ0) is 22.1. The van der Waals surface area contributed by atoms with E-state index in [4.69, 9.17) is 0 Å². The molecule has 160 valence electrons. The Labute approximate surface area is 190 Å². The number of benzene rings is 3. The Hall–Kier alpha value is -3.51. The maximum Gasteiger partial charge on any atom is 0.322 e. The highest BCUT2D eigenvalue weighted by atomic mass is 32.2. The van der Waals surface area contributed by atoms with Gasteiger partial charge >= 0.3 is 6.03 Å². The molecule has 4 aromatic rings. The molecule has 0 aliphatic carbocycles. The van der Waals surface area contributed by atoms with Crippen molar-refractivity contribution in [2.24, 2.45) is 0 Å². The maximum absolute atomic E-state index is 13.6. The third kappa shape index (κ3) is 3.78. The summed E-state index contributed by atoms with van der Waals surface area (Å²) in [4.78, 5) is 16.6. The van der Waals surface area contributed by atoms with Crippen molar-refractivity contribution < 1.29 is 9.18 Å². The molecule has 1 aromatic heterocycles. The predicted molar refractivity (Wildman–Crippen MR) is 127 cm³/mol. The van der Waals surface area contributed by atoms with Gasteiger partial charge in [0.05, 0.1) is 18.3 Å². The summed E-state index contributed by atoms with van der Waals surface area (Å²) in [7, 11) is 0. The number of carbonyl (C=O) groups is 1. The van der Waals surface area contributed by atoms with Crippen LogP contribution in [-0.4, -0.2) is 21.8 Å². The van der Waals surface area contributed by atoms with Gasteiger partial charge in [0.25, 0.3) is 0 Å². The van der Waals surface area contributed by atoms with Crippen molar-refractivity contribution in [3.05, 3.63) is 114 Å². The smallest absolute Gasteiger partial charge is 0.318 e. The van der Waals surface area contributed by atoms with Gasteiger partial charge in [0.1, 0.15) is 5.82 Å². The third-order valence-corrected chi connectivity index (χ3v) is 6.50. The van der Waals surface area contributed by atoms with Crippen LogP contribution >= 0.6 is 11.8 Å². The van der Waals surface area contributed by atoms with Crippen LogP contribution in [0.1, 0.15) is 22.9 Å². The third-order valence-electron chi connectivity index (χ3n) is 5.75. The second kappa shape index (κ2) is 8.55. The minimum absolute atomic E-state index is 0.236. The first-order chi connectivity index (χ1) is 15.6. The minimum atomic E-state index is -0.337. The number of halogens is 1. The first kappa shape index (κ1) is 20.4. The molecule has 5 rings (SSSR count). The molecular formula is C26H22FN3OS. The monoisotopic (exact) mass is 443 g/mol. The van der Waals surface area contributed by atoms with Crippen LogP contribution in [0.5, 0.6) is 0 Å². The number of aromatic nitrogens is 1. The lowest BCUT2D eigenvalue weighted by molar-refractivity contribution is 0.194. The number of fused-ring (bicyclic) bond motifs is 3. The van der Waals surface area contributed by atoms with Gasteiger partial charge in [-0.1, -0.05) is 30.3 Å². The first-order valence-corrected chi connectivity index (χ1v) is 11.6. The summed E-state index contributed by atoms with van der Waals surface area (Å²) in [5, 5.41) is 2.95.